The highest BCUT2D eigenvalue weighted by atomic mass is 16.2. The minimum atomic E-state index is -0.255. The van der Waals surface area contributed by atoms with Gasteiger partial charge in [-0.05, 0) is 41.3 Å². The summed E-state index contributed by atoms with van der Waals surface area (Å²) in [7, 11) is 0. The molecule has 1 aliphatic carbocycles. The van der Waals surface area contributed by atoms with Gasteiger partial charge < -0.3 is 10.6 Å². The number of nitrogens with one attached hydrogen (secondary N) is 2. The Morgan fingerprint density at radius 3 is 2.03 bits per heavy atom. The van der Waals surface area contributed by atoms with Gasteiger partial charge in [0, 0.05) is 11.3 Å². The molecule has 30 heavy (non-hydrogen) atoms. The molecule has 0 aliphatic heterocycles. The number of carbonyl (C=O) groups excluding carboxylic acids is 1. The Balaban J connectivity index is 1.44. The standard InChI is InChI=1S/C26H21N3O/c1-17-15-16-23(24(27-17)18-9-3-2-4-10-18)28-26(30)29-25-21-13-7-5-11-19(21)20-12-6-8-14-22(20)25/h2-16,25H,1H3,(H2,28,29,30). The molecule has 0 atom stereocenters. The zero-order valence-electron chi connectivity index (χ0n) is 16.6. The minimum Gasteiger partial charge on any atom is -0.327 e. The number of aryl methyl sites for hydroxylation is 1. The molecule has 0 radical (unpaired) electrons. The molecule has 1 heterocycles. The maximum absolute atomic E-state index is 13.0. The van der Waals surface area contributed by atoms with E-state index in [2.05, 4.69) is 39.9 Å². The van der Waals surface area contributed by atoms with Gasteiger partial charge in [0.15, 0.2) is 0 Å². The Bertz CT molecular complexity index is 1190. The van der Waals surface area contributed by atoms with E-state index >= 15 is 0 Å². The van der Waals surface area contributed by atoms with E-state index in [1.807, 2.05) is 73.7 Å². The third kappa shape index (κ3) is 3.22. The van der Waals surface area contributed by atoms with E-state index in [4.69, 9.17) is 0 Å². The predicted octanol–water partition coefficient (Wildman–Crippen LogP) is 5.95. The number of amides is 2. The maximum atomic E-state index is 13.0. The lowest BCUT2D eigenvalue weighted by atomic mass is 10.1. The molecule has 5 rings (SSSR count). The topological polar surface area (TPSA) is 54.0 Å². The van der Waals surface area contributed by atoms with E-state index in [9.17, 15) is 4.79 Å². The first kappa shape index (κ1) is 18.1. The molecule has 4 aromatic rings. The van der Waals surface area contributed by atoms with Gasteiger partial charge in [0.1, 0.15) is 0 Å². The summed E-state index contributed by atoms with van der Waals surface area (Å²) in [6.07, 6.45) is 0. The fraction of sp³-hybridized carbons (Fsp3) is 0.0769. The second kappa shape index (κ2) is 7.48. The van der Waals surface area contributed by atoms with E-state index in [1.54, 1.807) is 0 Å². The smallest absolute Gasteiger partial charge is 0.320 e. The fourth-order valence-electron chi connectivity index (χ4n) is 4.07. The fourth-order valence-corrected chi connectivity index (χ4v) is 4.07. The molecule has 0 fully saturated rings. The maximum Gasteiger partial charge on any atom is 0.320 e. The lowest BCUT2D eigenvalue weighted by molar-refractivity contribution is 0.250. The third-order valence-corrected chi connectivity index (χ3v) is 5.44. The SMILES string of the molecule is Cc1ccc(NC(=O)NC2c3ccccc3-c3ccccc32)c(-c2ccccc2)n1. The molecule has 146 valence electrons. The Hall–Kier alpha value is -3.92. The molecular weight excluding hydrogens is 370 g/mol. The van der Waals surface area contributed by atoms with Crippen molar-refractivity contribution in [1.29, 1.82) is 0 Å². The lowest BCUT2D eigenvalue weighted by Gasteiger charge is -2.18. The molecule has 3 aromatic carbocycles. The normalized spacial score (nSPS) is 12.2. The monoisotopic (exact) mass is 391 g/mol. The van der Waals surface area contributed by atoms with Crippen LogP contribution in [0.15, 0.2) is 91.0 Å². The van der Waals surface area contributed by atoms with Gasteiger partial charge in [-0.2, -0.15) is 0 Å². The van der Waals surface area contributed by atoms with E-state index < -0.39 is 0 Å². The molecule has 2 amide bonds. The summed E-state index contributed by atoms with van der Waals surface area (Å²) in [5.74, 6) is 0. The van der Waals surface area contributed by atoms with Crippen LogP contribution in [0.25, 0.3) is 22.4 Å². The molecule has 0 bridgehead atoms. The van der Waals surface area contributed by atoms with Crippen LogP contribution in [0.1, 0.15) is 22.9 Å². The van der Waals surface area contributed by atoms with Crippen LogP contribution in [0.2, 0.25) is 0 Å². The average molecular weight is 391 g/mol. The number of benzene rings is 3. The highest BCUT2D eigenvalue weighted by Gasteiger charge is 2.29. The number of fused-ring (bicyclic) bond motifs is 3. The van der Waals surface area contributed by atoms with Crippen molar-refractivity contribution in [3.63, 3.8) is 0 Å². The summed E-state index contributed by atoms with van der Waals surface area (Å²) < 4.78 is 0. The first-order chi connectivity index (χ1) is 14.7. The molecule has 0 spiro atoms. The number of urea groups is 1. The van der Waals surface area contributed by atoms with Gasteiger partial charge in [-0.1, -0.05) is 78.9 Å². The van der Waals surface area contributed by atoms with Crippen molar-refractivity contribution in [1.82, 2.24) is 10.3 Å². The first-order valence-corrected chi connectivity index (χ1v) is 9.99. The van der Waals surface area contributed by atoms with Gasteiger partial charge in [-0.3, -0.25) is 4.98 Å². The summed E-state index contributed by atoms with van der Waals surface area (Å²) in [6.45, 7) is 1.95. The average Bonchev–Trinajstić information content (AvgIpc) is 3.09. The molecule has 0 saturated heterocycles. The van der Waals surface area contributed by atoms with E-state index in [1.165, 1.54) is 11.1 Å². The van der Waals surface area contributed by atoms with Gasteiger partial charge in [-0.15, -0.1) is 0 Å². The van der Waals surface area contributed by atoms with Crippen LogP contribution < -0.4 is 10.6 Å². The number of aromatic nitrogens is 1. The van der Waals surface area contributed by atoms with Gasteiger partial charge in [-0.25, -0.2) is 4.79 Å². The number of anilines is 1. The minimum absolute atomic E-state index is 0.184. The van der Waals surface area contributed by atoms with Crippen LogP contribution in [0.4, 0.5) is 10.5 Å². The summed E-state index contributed by atoms with van der Waals surface area (Å²) in [6, 6.07) is 29.7. The Kier molecular flexibility index (Phi) is 4.52. The number of pyridine rings is 1. The lowest BCUT2D eigenvalue weighted by Crippen LogP contribution is -2.32. The van der Waals surface area contributed by atoms with Crippen LogP contribution in [0.3, 0.4) is 0 Å². The molecule has 0 saturated carbocycles. The molecule has 0 unspecified atom stereocenters. The molecule has 1 aromatic heterocycles. The Morgan fingerprint density at radius 1 is 0.767 bits per heavy atom. The zero-order chi connectivity index (χ0) is 20.5. The summed E-state index contributed by atoms with van der Waals surface area (Å²) in [5, 5.41) is 6.17. The van der Waals surface area contributed by atoms with Gasteiger partial charge in [0.05, 0.1) is 17.4 Å². The number of carbonyl (C=O) groups is 1. The van der Waals surface area contributed by atoms with E-state index in [-0.39, 0.29) is 12.1 Å². The van der Waals surface area contributed by atoms with Crippen molar-refractivity contribution in [3.8, 4) is 22.4 Å². The van der Waals surface area contributed by atoms with Crippen molar-refractivity contribution in [3.05, 3.63) is 108 Å². The predicted molar refractivity (Wildman–Crippen MR) is 120 cm³/mol. The van der Waals surface area contributed by atoms with Crippen molar-refractivity contribution >= 4 is 11.7 Å². The van der Waals surface area contributed by atoms with Gasteiger partial charge in [0.25, 0.3) is 0 Å². The highest BCUT2D eigenvalue weighted by molar-refractivity contribution is 5.94. The molecule has 4 heteroatoms. The largest absolute Gasteiger partial charge is 0.327 e. The molecule has 4 nitrogen and oxygen atoms in total. The van der Waals surface area contributed by atoms with Crippen molar-refractivity contribution in [2.24, 2.45) is 0 Å². The number of hydrogen-bond acceptors (Lipinski definition) is 2. The van der Waals surface area contributed by atoms with E-state index in [0.29, 0.717) is 5.69 Å². The van der Waals surface area contributed by atoms with E-state index in [0.717, 1.165) is 28.1 Å². The zero-order valence-corrected chi connectivity index (χ0v) is 16.6. The van der Waals surface area contributed by atoms with Crippen LogP contribution in [-0.2, 0) is 0 Å². The van der Waals surface area contributed by atoms with Gasteiger partial charge >= 0.3 is 6.03 Å². The molecular formula is C26H21N3O. The van der Waals surface area contributed by atoms with Crippen LogP contribution in [-0.4, -0.2) is 11.0 Å². The van der Waals surface area contributed by atoms with Gasteiger partial charge in [0.2, 0.25) is 0 Å². The van der Waals surface area contributed by atoms with Crippen LogP contribution >= 0.6 is 0 Å². The van der Waals surface area contributed by atoms with Crippen LogP contribution in [0.5, 0.6) is 0 Å². The van der Waals surface area contributed by atoms with Crippen LogP contribution in [0, 0.1) is 6.92 Å². The second-order valence-electron chi connectivity index (χ2n) is 7.42. The molecule has 1 aliphatic rings. The number of hydrogen-bond donors (Lipinski definition) is 2. The quantitative estimate of drug-likeness (QED) is 0.453. The van der Waals surface area contributed by atoms with Crippen molar-refractivity contribution < 1.29 is 4.79 Å². The number of nitrogens with zero attached hydrogens (tertiary/aromatic N) is 1. The number of rotatable bonds is 3. The summed E-state index contributed by atoms with van der Waals surface area (Å²) >= 11 is 0. The second-order valence-corrected chi connectivity index (χ2v) is 7.42. The summed E-state index contributed by atoms with van der Waals surface area (Å²) in [5.41, 5.74) is 7.87. The summed E-state index contributed by atoms with van der Waals surface area (Å²) in [4.78, 5) is 17.7. The highest BCUT2D eigenvalue weighted by Crippen LogP contribution is 2.43. The third-order valence-electron chi connectivity index (χ3n) is 5.44. The van der Waals surface area contributed by atoms with Crippen molar-refractivity contribution in [2.75, 3.05) is 5.32 Å². The molecule has 2 N–H and O–H groups in total. The van der Waals surface area contributed by atoms with Crippen molar-refractivity contribution in [2.45, 2.75) is 13.0 Å². The first-order valence-electron chi connectivity index (χ1n) is 9.99. The Labute approximate surface area is 175 Å². The Morgan fingerprint density at radius 2 is 1.37 bits per heavy atom.